The zero-order valence-electron chi connectivity index (χ0n) is 10.7. The lowest BCUT2D eigenvalue weighted by Gasteiger charge is -2.24. The standard InChI is InChI=1S/C16H14ClNO/c1-10-6-7-18-14-8-11(9-15(19)16(10)14)12-4-2-3-5-13(12)17/h2-7,11H,8-9H2,1H3/t11-/m0/s1. The number of halogens is 1. The molecule has 0 spiro atoms. The monoisotopic (exact) mass is 271 g/mol. The van der Waals surface area contributed by atoms with Crippen LogP contribution in [0.15, 0.2) is 36.5 Å². The molecule has 0 unspecified atom stereocenters. The van der Waals surface area contributed by atoms with Gasteiger partial charge in [0.25, 0.3) is 0 Å². The van der Waals surface area contributed by atoms with Gasteiger partial charge in [-0.1, -0.05) is 29.8 Å². The van der Waals surface area contributed by atoms with Gasteiger partial charge < -0.3 is 0 Å². The van der Waals surface area contributed by atoms with Crippen LogP contribution in [-0.2, 0) is 6.42 Å². The summed E-state index contributed by atoms with van der Waals surface area (Å²) in [5.74, 6) is 0.319. The second-order valence-corrected chi connectivity index (χ2v) is 5.41. The van der Waals surface area contributed by atoms with Crippen molar-refractivity contribution >= 4 is 17.4 Å². The molecule has 19 heavy (non-hydrogen) atoms. The number of benzene rings is 1. The van der Waals surface area contributed by atoms with Gasteiger partial charge in [0.05, 0.1) is 5.69 Å². The minimum Gasteiger partial charge on any atom is -0.294 e. The first-order valence-corrected chi connectivity index (χ1v) is 6.76. The fraction of sp³-hybridized carbons (Fsp3) is 0.250. The Morgan fingerprint density at radius 3 is 2.79 bits per heavy atom. The smallest absolute Gasteiger partial charge is 0.165 e. The maximum Gasteiger partial charge on any atom is 0.165 e. The molecule has 1 aliphatic carbocycles. The SMILES string of the molecule is Cc1ccnc2c1C(=O)C[C@@H](c1ccccc1Cl)C2. The molecule has 2 aromatic rings. The molecule has 1 aliphatic rings. The molecule has 1 aromatic carbocycles. The highest BCUT2D eigenvalue weighted by Gasteiger charge is 2.29. The van der Waals surface area contributed by atoms with Crippen LogP contribution in [0.3, 0.4) is 0 Å². The van der Waals surface area contributed by atoms with Crippen LogP contribution >= 0.6 is 11.6 Å². The molecular formula is C16H14ClNO. The van der Waals surface area contributed by atoms with E-state index in [1.807, 2.05) is 37.3 Å². The highest BCUT2D eigenvalue weighted by Crippen LogP contribution is 2.35. The van der Waals surface area contributed by atoms with E-state index in [0.717, 1.165) is 33.8 Å². The zero-order valence-corrected chi connectivity index (χ0v) is 11.4. The minimum absolute atomic E-state index is 0.142. The second-order valence-electron chi connectivity index (χ2n) is 5.00. The number of hydrogen-bond donors (Lipinski definition) is 0. The number of ketones is 1. The Balaban J connectivity index is 2.03. The molecule has 0 amide bonds. The van der Waals surface area contributed by atoms with Gasteiger partial charge in [-0.05, 0) is 42.5 Å². The Hall–Kier alpha value is -1.67. The van der Waals surface area contributed by atoms with Crippen molar-refractivity contribution in [1.82, 2.24) is 4.98 Å². The van der Waals surface area contributed by atoms with Crippen LogP contribution in [0.25, 0.3) is 0 Å². The first-order chi connectivity index (χ1) is 9.16. The van der Waals surface area contributed by atoms with E-state index >= 15 is 0 Å². The average Bonchev–Trinajstić information content (AvgIpc) is 2.39. The molecule has 3 heteroatoms. The number of aryl methyl sites for hydroxylation is 1. The fourth-order valence-corrected chi connectivity index (χ4v) is 3.10. The van der Waals surface area contributed by atoms with Gasteiger partial charge in [0.2, 0.25) is 0 Å². The molecule has 0 bridgehead atoms. The number of aromatic nitrogens is 1. The van der Waals surface area contributed by atoms with Crippen molar-refractivity contribution in [2.75, 3.05) is 0 Å². The van der Waals surface area contributed by atoms with E-state index in [2.05, 4.69) is 4.98 Å². The van der Waals surface area contributed by atoms with Crippen LogP contribution in [0.4, 0.5) is 0 Å². The Morgan fingerprint density at radius 1 is 1.21 bits per heavy atom. The lowest BCUT2D eigenvalue weighted by molar-refractivity contribution is 0.0962. The Labute approximate surface area is 117 Å². The summed E-state index contributed by atoms with van der Waals surface area (Å²) >= 11 is 6.23. The fourth-order valence-electron chi connectivity index (χ4n) is 2.81. The summed E-state index contributed by atoms with van der Waals surface area (Å²) in [4.78, 5) is 16.7. The number of Topliss-reactive ketones (excluding diaryl/α,β-unsaturated/α-hetero) is 1. The molecule has 3 rings (SSSR count). The Morgan fingerprint density at radius 2 is 2.00 bits per heavy atom. The largest absolute Gasteiger partial charge is 0.294 e. The second kappa shape index (κ2) is 4.78. The molecule has 0 saturated carbocycles. The number of fused-ring (bicyclic) bond motifs is 1. The molecule has 1 atom stereocenters. The highest BCUT2D eigenvalue weighted by atomic mass is 35.5. The van der Waals surface area contributed by atoms with Gasteiger partial charge in [-0.25, -0.2) is 0 Å². The van der Waals surface area contributed by atoms with Crippen molar-refractivity contribution in [2.45, 2.75) is 25.7 Å². The number of pyridine rings is 1. The van der Waals surface area contributed by atoms with Crippen molar-refractivity contribution < 1.29 is 4.79 Å². The van der Waals surface area contributed by atoms with Crippen LogP contribution in [0.1, 0.15) is 39.5 Å². The van der Waals surface area contributed by atoms with Crippen molar-refractivity contribution in [1.29, 1.82) is 0 Å². The number of hydrogen-bond acceptors (Lipinski definition) is 2. The predicted octanol–water partition coefficient (Wildman–Crippen LogP) is 3.96. The molecule has 96 valence electrons. The summed E-state index contributed by atoms with van der Waals surface area (Å²) in [5, 5.41) is 0.733. The summed E-state index contributed by atoms with van der Waals surface area (Å²) < 4.78 is 0. The maximum absolute atomic E-state index is 12.3. The topological polar surface area (TPSA) is 30.0 Å². The first-order valence-electron chi connectivity index (χ1n) is 6.39. The van der Waals surface area contributed by atoms with E-state index in [-0.39, 0.29) is 11.7 Å². The average molecular weight is 272 g/mol. The lowest BCUT2D eigenvalue weighted by Crippen LogP contribution is -2.21. The van der Waals surface area contributed by atoms with E-state index in [4.69, 9.17) is 11.6 Å². The highest BCUT2D eigenvalue weighted by molar-refractivity contribution is 6.31. The van der Waals surface area contributed by atoms with E-state index in [1.54, 1.807) is 6.20 Å². The van der Waals surface area contributed by atoms with Gasteiger partial charge in [-0.3, -0.25) is 9.78 Å². The summed E-state index contributed by atoms with van der Waals surface area (Å²) in [6.07, 6.45) is 3.08. The van der Waals surface area contributed by atoms with Gasteiger partial charge >= 0.3 is 0 Å². The van der Waals surface area contributed by atoms with Crippen LogP contribution in [-0.4, -0.2) is 10.8 Å². The Bertz CT molecular complexity index is 651. The zero-order chi connectivity index (χ0) is 13.4. The summed E-state index contributed by atoms with van der Waals surface area (Å²) in [5.41, 5.74) is 3.78. The molecular weight excluding hydrogens is 258 g/mol. The summed E-state index contributed by atoms with van der Waals surface area (Å²) in [7, 11) is 0. The van der Waals surface area contributed by atoms with E-state index in [9.17, 15) is 4.79 Å². The van der Waals surface area contributed by atoms with Crippen molar-refractivity contribution in [3.8, 4) is 0 Å². The third-order valence-corrected chi connectivity index (χ3v) is 4.08. The number of carbonyl (C=O) groups is 1. The van der Waals surface area contributed by atoms with Crippen LogP contribution < -0.4 is 0 Å². The predicted molar refractivity (Wildman–Crippen MR) is 75.8 cm³/mol. The number of nitrogens with zero attached hydrogens (tertiary/aromatic N) is 1. The molecule has 0 saturated heterocycles. The van der Waals surface area contributed by atoms with Gasteiger partial charge in [-0.15, -0.1) is 0 Å². The normalized spacial score (nSPS) is 18.2. The molecule has 0 radical (unpaired) electrons. The van der Waals surface area contributed by atoms with E-state index < -0.39 is 0 Å². The summed E-state index contributed by atoms with van der Waals surface area (Å²) in [6, 6.07) is 9.64. The number of carbonyl (C=O) groups excluding carboxylic acids is 1. The third-order valence-electron chi connectivity index (χ3n) is 3.73. The molecule has 0 fully saturated rings. The van der Waals surface area contributed by atoms with E-state index in [1.165, 1.54) is 0 Å². The number of rotatable bonds is 1. The lowest BCUT2D eigenvalue weighted by atomic mass is 9.80. The first kappa shape index (κ1) is 12.4. The maximum atomic E-state index is 12.3. The quantitative estimate of drug-likeness (QED) is 0.786. The third kappa shape index (κ3) is 2.17. The molecule has 2 nitrogen and oxygen atoms in total. The van der Waals surface area contributed by atoms with Crippen LogP contribution in [0.5, 0.6) is 0 Å². The molecule has 1 heterocycles. The molecule has 0 N–H and O–H groups in total. The minimum atomic E-state index is 0.142. The van der Waals surface area contributed by atoms with Crippen molar-refractivity contribution in [3.63, 3.8) is 0 Å². The van der Waals surface area contributed by atoms with Crippen LogP contribution in [0, 0.1) is 6.92 Å². The van der Waals surface area contributed by atoms with Crippen molar-refractivity contribution in [2.24, 2.45) is 0 Å². The van der Waals surface area contributed by atoms with Gasteiger partial charge in [0, 0.05) is 23.2 Å². The van der Waals surface area contributed by atoms with Gasteiger partial charge in [0.1, 0.15) is 0 Å². The molecule has 1 aromatic heterocycles. The van der Waals surface area contributed by atoms with Crippen LogP contribution in [0.2, 0.25) is 5.02 Å². The molecule has 0 aliphatic heterocycles. The van der Waals surface area contributed by atoms with Gasteiger partial charge in [-0.2, -0.15) is 0 Å². The van der Waals surface area contributed by atoms with Crippen molar-refractivity contribution in [3.05, 3.63) is 63.9 Å². The van der Waals surface area contributed by atoms with E-state index in [0.29, 0.717) is 6.42 Å². The van der Waals surface area contributed by atoms with Gasteiger partial charge in [0.15, 0.2) is 5.78 Å². The Kier molecular flexibility index (Phi) is 3.11. The summed E-state index contributed by atoms with van der Waals surface area (Å²) in [6.45, 7) is 1.97.